The van der Waals surface area contributed by atoms with Crippen molar-refractivity contribution in [1.29, 1.82) is 0 Å². The third kappa shape index (κ3) is 4.49. The number of carboxylic acid groups (broad SMARTS) is 1. The first kappa shape index (κ1) is 21.5. The third-order valence-corrected chi connectivity index (χ3v) is 6.21. The normalized spacial score (nSPS) is 18.8. The van der Waals surface area contributed by atoms with Crippen molar-refractivity contribution in [3.8, 4) is 11.1 Å². The number of carbonyl (C=O) groups is 2. The summed E-state index contributed by atoms with van der Waals surface area (Å²) in [5, 5.41) is 6.89. The van der Waals surface area contributed by atoms with Gasteiger partial charge in [0.25, 0.3) is 12.0 Å². The largest absolute Gasteiger partial charge is 0.483 e. The second-order valence-corrected chi connectivity index (χ2v) is 8.38. The van der Waals surface area contributed by atoms with Crippen molar-refractivity contribution in [2.45, 2.75) is 32.4 Å². The molecule has 0 radical (unpaired) electrons. The molecule has 0 aliphatic carbocycles. The molecule has 1 fully saturated rings. The van der Waals surface area contributed by atoms with Crippen LogP contribution in [0.5, 0.6) is 0 Å². The summed E-state index contributed by atoms with van der Waals surface area (Å²) in [6, 6.07) is 12.2. The first-order chi connectivity index (χ1) is 15.5. The number of amides is 1. The van der Waals surface area contributed by atoms with Gasteiger partial charge in [0.15, 0.2) is 0 Å². The van der Waals surface area contributed by atoms with Crippen LogP contribution < -0.4 is 5.56 Å². The Morgan fingerprint density at radius 3 is 2.56 bits per heavy atom. The molecule has 0 unspecified atom stereocenters. The average Bonchev–Trinajstić information content (AvgIpc) is 3.28. The van der Waals surface area contributed by atoms with Crippen LogP contribution in [0.15, 0.2) is 59.9 Å². The van der Waals surface area contributed by atoms with E-state index in [9.17, 15) is 9.59 Å². The summed E-state index contributed by atoms with van der Waals surface area (Å²) < 4.78 is 3.95. The Bertz CT molecular complexity index is 1150. The van der Waals surface area contributed by atoms with Gasteiger partial charge in [-0.15, -0.1) is 0 Å². The number of aromatic nitrogens is 3. The molecule has 1 aromatic carbocycles. The van der Waals surface area contributed by atoms with Crippen LogP contribution in [0, 0.1) is 5.92 Å². The molecular formula is C24H26N4O4. The molecule has 2 aliphatic rings. The number of nitrogens with zero attached hydrogens (tertiary/aromatic N) is 4. The van der Waals surface area contributed by atoms with Crippen molar-refractivity contribution in [3.05, 3.63) is 76.7 Å². The summed E-state index contributed by atoms with van der Waals surface area (Å²) in [4.78, 5) is 39.1. The highest BCUT2D eigenvalue weighted by atomic mass is 16.3. The number of rotatable bonds is 3. The van der Waals surface area contributed by atoms with E-state index in [0.717, 1.165) is 36.3 Å². The summed E-state index contributed by atoms with van der Waals surface area (Å²) in [5.74, 6) is 0.732. The fourth-order valence-corrected chi connectivity index (χ4v) is 4.78. The second-order valence-electron chi connectivity index (χ2n) is 8.38. The predicted octanol–water partition coefficient (Wildman–Crippen LogP) is 2.43. The maximum Gasteiger partial charge on any atom is 0.290 e. The van der Waals surface area contributed by atoms with Gasteiger partial charge in [-0.25, -0.2) is 4.98 Å². The molecule has 3 aromatic rings. The highest BCUT2D eigenvalue weighted by molar-refractivity contribution is 5.73. The van der Waals surface area contributed by atoms with Crippen LogP contribution in [0.2, 0.25) is 0 Å². The van der Waals surface area contributed by atoms with Crippen LogP contribution in [0.3, 0.4) is 0 Å². The van der Waals surface area contributed by atoms with Gasteiger partial charge in [0.2, 0.25) is 5.91 Å². The Morgan fingerprint density at radius 1 is 1.16 bits per heavy atom. The molecule has 5 rings (SSSR count). The number of pyridine rings is 1. The molecule has 1 N–H and O–H groups in total. The zero-order valence-corrected chi connectivity index (χ0v) is 17.9. The van der Waals surface area contributed by atoms with Gasteiger partial charge in [0.05, 0.1) is 6.33 Å². The van der Waals surface area contributed by atoms with E-state index in [4.69, 9.17) is 9.90 Å². The van der Waals surface area contributed by atoms with E-state index in [1.807, 2.05) is 20.2 Å². The standard InChI is InChI=1S/C23H24N4O2.CH2O2/c1-16(28)26-12-18-8-21(14-26)22-9-20(10-23(29)27(22)13-18)19-4-2-17(3-5-19)11-25-7-6-24-15-25;2-1-3/h2-7,9-10,15,18,21H,8,11-14H2,1H3;1H,(H,2,3)/t18-,21+;/m0./s1. The number of piperidine rings is 1. The van der Waals surface area contributed by atoms with E-state index in [2.05, 4.69) is 35.3 Å². The molecule has 2 aromatic heterocycles. The minimum atomic E-state index is -0.250. The van der Waals surface area contributed by atoms with Crippen molar-refractivity contribution in [2.24, 2.45) is 5.92 Å². The lowest BCUT2D eigenvalue weighted by atomic mass is 9.82. The zero-order chi connectivity index (χ0) is 22.7. The Kier molecular flexibility index (Phi) is 6.20. The Morgan fingerprint density at radius 2 is 1.91 bits per heavy atom. The molecule has 1 saturated heterocycles. The number of likely N-dealkylation sites (tertiary alicyclic amines) is 1. The Hall–Kier alpha value is -3.68. The molecule has 0 spiro atoms. The molecule has 166 valence electrons. The van der Waals surface area contributed by atoms with Gasteiger partial charge in [-0.3, -0.25) is 14.4 Å². The average molecular weight is 434 g/mol. The quantitative estimate of drug-likeness (QED) is 0.639. The van der Waals surface area contributed by atoms with Gasteiger partial charge < -0.3 is 19.1 Å². The van der Waals surface area contributed by atoms with Gasteiger partial charge in [-0.1, -0.05) is 24.3 Å². The summed E-state index contributed by atoms with van der Waals surface area (Å²) >= 11 is 0. The highest BCUT2D eigenvalue weighted by Crippen LogP contribution is 2.36. The molecule has 2 bridgehead atoms. The van der Waals surface area contributed by atoms with E-state index < -0.39 is 0 Å². The topological polar surface area (TPSA) is 97.4 Å². The summed E-state index contributed by atoms with van der Waals surface area (Å²) in [7, 11) is 0. The van der Waals surface area contributed by atoms with E-state index in [0.29, 0.717) is 19.0 Å². The van der Waals surface area contributed by atoms with Crippen LogP contribution in [0.4, 0.5) is 0 Å². The number of benzene rings is 1. The first-order valence-corrected chi connectivity index (χ1v) is 10.6. The monoisotopic (exact) mass is 434 g/mol. The lowest BCUT2D eigenvalue weighted by Gasteiger charge is -2.42. The lowest BCUT2D eigenvalue weighted by molar-refractivity contribution is -0.131. The number of hydrogen-bond donors (Lipinski definition) is 1. The number of fused-ring (bicyclic) bond motifs is 4. The zero-order valence-electron chi connectivity index (χ0n) is 17.9. The smallest absolute Gasteiger partial charge is 0.290 e. The fraction of sp³-hybridized carbons (Fsp3) is 0.333. The molecule has 8 heteroatoms. The van der Waals surface area contributed by atoms with E-state index in [1.54, 1.807) is 25.5 Å². The molecule has 2 aliphatic heterocycles. The van der Waals surface area contributed by atoms with Gasteiger partial charge in [0, 0.05) is 63.2 Å². The number of hydrogen-bond acceptors (Lipinski definition) is 4. The molecule has 8 nitrogen and oxygen atoms in total. The molecule has 1 amide bonds. The Labute approximate surface area is 185 Å². The lowest BCUT2D eigenvalue weighted by Crippen LogP contribution is -2.48. The van der Waals surface area contributed by atoms with Crippen LogP contribution in [-0.2, 0) is 22.7 Å². The van der Waals surface area contributed by atoms with Gasteiger partial charge in [-0.2, -0.15) is 0 Å². The van der Waals surface area contributed by atoms with Crippen molar-refractivity contribution in [1.82, 2.24) is 19.0 Å². The fourth-order valence-electron chi connectivity index (χ4n) is 4.78. The van der Waals surface area contributed by atoms with Crippen LogP contribution >= 0.6 is 0 Å². The van der Waals surface area contributed by atoms with Gasteiger partial charge >= 0.3 is 0 Å². The second kappa shape index (κ2) is 9.21. The third-order valence-electron chi connectivity index (χ3n) is 6.21. The van der Waals surface area contributed by atoms with E-state index in [1.165, 1.54) is 5.56 Å². The molecule has 4 heterocycles. The maximum absolute atomic E-state index is 12.9. The van der Waals surface area contributed by atoms with Gasteiger partial charge in [0.1, 0.15) is 0 Å². The van der Waals surface area contributed by atoms with Crippen molar-refractivity contribution in [3.63, 3.8) is 0 Å². The number of carbonyl (C=O) groups excluding carboxylic acids is 1. The van der Waals surface area contributed by atoms with Crippen LogP contribution in [0.25, 0.3) is 11.1 Å². The minimum Gasteiger partial charge on any atom is -0.483 e. The van der Waals surface area contributed by atoms with Crippen LogP contribution in [-0.4, -0.2) is 49.6 Å². The maximum atomic E-state index is 12.9. The van der Waals surface area contributed by atoms with E-state index >= 15 is 0 Å². The summed E-state index contributed by atoms with van der Waals surface area (Å²) in [5.41, 5.74) is 4.31. The number of imidazole rings is 1. The minimum absolute atomic E-state index is 0.0611. The van der Waals surface area contributed by atoms with Crippen LogP contribution in [0.1, 0.15) is 30.5 Å². The molecular weight excluding hydrogens is 408 g/mol. The summed E-state index contributed by atoms with van der Waals surface area (Å²) in [6.07, 6.45) is 6.58. The molecule has 0 saturated carbocycles. The molecule has 32 heavy (non-hydrogen) atoms. The van der Waals surface area contributed by atoms with Crippen molar-refractivity contribution < 1.29 is 14.7 Å². The molecule has 2 atom stereocenters. The highest BCUT2D eigenvalue weighted by Gasteiger charge is 2.35. The predicted molar refractivity (Wildman–Crippen MR) is 119 cm³/mol. The Balaban J connectivity index is 0.000000775. The first-order valence-electron chi connectivity index (χ1n) is 10.6. The summed E-state index contributed by atoms with van der Waals surface area (Å²) in [6.45, 7) is 4.34. The van der Waals surface area contributed by atoms with Crippen molar-refractivity contribution in [2.75, 3.05) is 13.1 Å². The van der Waals surface area contributed by atoms with E-state index in [-0.39, 0.29) is 23.9 Å². The van der Waals surface area contributed by atoms with Gasteiger partial charge in [-0.05, 0) is 35.1 Å². The SMILES string of the molecule is CC(=O)N1C[C@@H]2C[C@H](C1)c1cc(-c3ccc(Cn4ccnc4)cc3)cc(=O)n1C2.O=CO. The van der Waals surface area contributed by atoms with Crippen molar-refractivity contribution >= 4 is 12.4 Å².